The molecule has 0 radical (unpaired) electrons. The maximum Gasteiger partial charge on any atom is 0.283 e. The van der Waals surface area contributed by atoms with Crippen molar-refractivity contribution < 1.29 is 14.3 Å². The van der Waals surface area contributed by atoms with Crippen LogP contribution in [-0.4, -0.2) is 36.4 Å². The Kier molecular flexibility index (Phi) is 8.65. The topological polar surface area (TPSA) is 71.0 Å². The van der Waals surface area contributed by atoms with Crippen LogP contribution in [0.4, 0.5) is 5.69 Å². The van der Waals surface area contributed by atoms with E-state index in [9.17, 15) is 9.59 Å². The molecule has 0 aromatic heterocycles. The number of amidine groups is 1. The third kappa shape index (κ3) is 6.66. The molecule has 1 N–H and O–H groups in total. The van der Waals surface area contributed by atoms with Gasteiger partial charge in [0.1, 0.15) is 11.4 Å². The van der Waals surface area contributed by atoms with Crippen molar-refractivity contribution in [2.24, 2.45) is 4.99 Å². The van der Waals surface area contributed by atoms with E-state index in [1.54, 1.807) is 18.1 Å². The summed E-state index contributed by atoms with van der Waals surface area (Å²) in [4.78, 5) is 32.3. The highest BCUT2D eigenvalue weighted by molar-refractivity contribution is 8.14. The van der Waals surface area contributed by atoms with Crippen LogP contribution in [0.2, 0.25) is 0 Å². The first-order valence-corrected chi connectivity index (χ1v) is 13.4. The number of aryl methyl sites for hydroxylation is 2. The number of allylic oxidation sites excluding steroid dienone is 1. The number of aliphatic imine (C=N–C) groups is 1. The summed E-state index contributed by atoms with van der Waals surface area (Å²) in [5.74, 6) is 0.683. The van der Waals surface area contributed by atoms with Gasteiger partial charge in [-0.05, 0) is 93.0 Å². The Morgan fingerprint density at radius 2 is 1.89 bits per heavy atom. The van der Waals surface area contributed by atoms with E-state index in [4.69, 9.17) is 4.74 Å². The molecule has 2 aliphatic rings. The van der Waals surface area contributed by atoms with Gasteiger partial charge in [-0.3, -0.25) is 14.5 Å². The summed E-state index contributed by atoms with van der Waals surface area (Å²) in [5, 5.41) is 3.52. The number of carbonyl (C=O) groups excluding carboxylic acids is 2. The molecule has 0 saturated carbocycles. The van der Waals surface area contributed by atoms with Gasteiger partial charge in [0.25, 0.3) is 5.91 Å². The summed E-state index contributed by atoms with van der Waals surface area (Å²) in [6, 6.07) is 13.5. The molecule has 188 valence electrons. The number of ether oxygens (including phenoxy) is 1. The van der Waals surface area contributed by atoms with Crippen LogP contribution in [0.15, 0.2) is 64.8 Å². The van der Waals surface area contributed by atoms with Crippen LogP contribution >= 0.6 is 11.8 Å². The van der Waals surface area contributed by atoms with Crippen molar-refractivity contribution in [2.45, 2.75) is 46.0 Å². The van der Waals surface area contributed by atoms with E-state index in [0.717, 1.165) is 47.4 Å². The van der Waals surface area contributed by atoms with Crippen molar-refractivity contribution in [2.75, 3.05) is 24.3 Å². The number of carbonyl (C=O) groups is 2. The number of benzene rings is 2. The molecule has 0 unspecified atom stereocenters. The fraction of sp³-hybridized carbons (Fsp3) is 0.345. The summed E-state index contributed by atoms with van der Waals surface area (Å²) < 4.78 is 5.22. The predicted octanol–water partition coefficient (Wildman–Crippen LogP) is 5.80. The number of hydrogen-bond acceptors (Lipinski definition) is 5. The third-order valence-corrected chi connectivity index (χ3v) is 7.14. The average Bonchev–Trinajstić information content (AvgIpc) is 3.18. The van der Waals surface area contributed by atoms with Crippen LogP contribution in [0.1, 0.15) is 48.8 Å². The maximum atomic E-state index is 13.5. The molecule has 0 fully saturated rings. The summed E-state index contributed by atoms with van der Waals surface area (Å²) >= 11 is 1.28. The largest absolute Gasteiger partial charge is 0.497 e. The molecule has 2 amide bonds. The number of thioether (sulfide) groups is 1. The van der Waals surface area contributed by atoms with Gasteiger partial charge in [0.15, 0.2) is 5.17 Å². The number of methoxy groups -OCH3 is 1. The molecular weight excluding hydrogens is 470 g/mol. The molecule has 0 bridgehead atoms. The molecule has 1 heterocycles. The van der Waals surface area contributed by atoms with E-state index in [0.29, 0.717) is 17.4 Å². The van der Waals surface area contributed by atoms with Crippen LogP contribution in [0.3, 0.4) is 0 Å². The molecule has 4 rings (SSSR count). The van der Waals surface area contributed by atoms with Gasteiger partial charge in [0, 0.05) is 6.54 Å². The minimum Gasteiger partial charge on any atom is -0.497 e. The molecule has 0 saturated heterocycles. The highest BCUT2D eigenvalue weighted by Crippen LogP contribution is 2.31. The molecule has 2 aromatic rings. The first kappa shape index (κ1) is 25.8. The van der Waals surface area contributed by atoms with E-state index in [1.807, 2.05) is 50.2 Å². The first-order chi connectivity index (χ1) is 17.4. The number of anilines is 1. The second kappa shape index (κ2) is 12.1. The van der Waals surface area contributed by atoms with Crippen molar-refractivity contribution >= 4 is 40.5 Å². The zero-order valence-corrected chi connectivity index (χ0v) is 22.0. The molecule has 36 heavy (non-hydrogen) atoms. The Labute approximate surface area is 217 Å². The van der Waals surface area contributed by atoms with Crippen molar-refractivity contribution in [3.63, 3.8) is 0 Å². The van der Waals surface area contributed by atoms with Gasteiger partial charge in [0.2, 0.25) is 5.91 Å². The minimum atomic E-state index is -0.206. The van der Waals surface area contributed by atoms with Gasteiger partial charge in [-0.15, -0.1) is 0 Å². The Morgan fingerprint density at radius 1 is 1.14 bits per heavy atom. The molecule has 2 aromatic carbocycles. The Morgan fingerprint density at radius 3 is 2.56 bits per heavy atom. The van der Waals surface area contributed by atoms with Crippen LogP contribution in [0.5, 0.6) is 5.75 Å². The van der Waals surface area contributed by atoms with Gasteiger partial charge in [-0.1, -0.05) is 41.6 Å². The molecule has 0 atom stereocenters. The predicted molar refractivity (Wildman–Crippen MR) is 148 cm³/mol. The molecule has 6 nitrogen and oxygen atoms in total. The quantitative estimate of drug-likeness (QED) is 0.365. The first-order valence-electron chi connectivity index (χ1n) is 12.4. The van der Waals surface area contributed by atoms with Crippen LogP contribution in [-0.2, 0) is 9.59 Å². The molecular formula is C29H33N3O3S. The van der Waals surface area contributed by atoms with Crippen molar-refractivity contribution in [3.8, 4) is 5.75 Å². The second-order valence-corrected chi connectivity index (χ2v) is 10.1. The summed E-state index contributed by atoms with van der Waals surface area (Å²) in [6.45, 7) is 4.65. The third-order valence-electron chi connectivity index (χ3n) is 6.20. The van der Waals surface area contributed by atoms with Crippen LogP contribution < -0.4 is 15.0 Å². The number of nitrogens with one attached hydrogen (secondary N) is 1. The number of amides is 2. The summed E-state index contributed by atoms with van der Waals surface area (Å²) in [7, 11) is 1.62. The summed E-state index contributed by atoms with van der Waals surface area (Å²) in [5.41, 5.74) is 5.51. The highest BCUT2D eigenvalue weighted by Gasteiger charge is 2.32. The monoisotopic (exact) mass is 503 g/mol. The number of hydrogen-bond donors (Lipinski definition) is 1. The van der Waals surface area contributed by atoms with Crippen molar-refractivity contribution in [1.29, 1.82) is 0 Å². The van der Waals surface area contributed by atoms with E-state index in [-0.39, 0.29) is 17.6 Å². The highest BCUT2D eigenvalue weighted by atomic mass is 32.2. The standard InChI is InChI=1S/C29H33N3O3S/c1-20-15-21(2)17-24(16-20)32-28(34)26(18-23-9-11-25(35-3)12-10-23)31-29(32)36-19-27(33)30-14-13-22-7-5-4-6-8-22/h7,9-12,15-18H,4-6,8,13-14,19H2,1-3H3,(H,30,33)/b26-18-. The normalized spacial score (nSPS) is 16.7. The molecule has 1 aliphatic heterocycles. The van der Waals surface area contributed by atoms with E-state index in [1.165, 1.54) is 30.2 Å². The average molecular weight is 504 g/mol. The smallest absolute Gasteiger partial charge is 0.283 e. The Bertz CT molecular complexity index is 1190. The van der Waals surface area contributed by atoms with Gasteiger partial charge >= 0.3 is 0 Å². The van der Waals surface area contributed by atoms with Crippen molar-refractivity contribution in [1.82, 2.24) is 5.32 Å². The van der Waals surface area contributed by atoms with Crippen molar-refractivity contribution in [3.05, 3.63) is 76.5 Å². The lowest BCUT2D eigenvalue weighted by molar-refractivity contribution is -0.118. The molecule has 0 spiro atoms. The van der Waals surface area contributed by atoms with E-state index >= 15 is 0 Å². The van der Waals surface area contributed by atoms with Gasteiger partial charge in [-0.25, -0.2) is 4.99 Å². The Hall–Kier alpha value is -3.32. The zero-order valence-electron chi connectivity index (χ0n) is 21.2. The van der Waals surface area contributed by atoms with Crippen LogP contribution in [0.25, 0.3) is 6.08 Å². The van der Waals surface area contributed by atoms with Crippen LogP contribution in [0, 0.1) is 13.8 Å². The Balaban J connectivity index is 1.49. The van der Waals surface area contributed by atoms with Gasteiger partial charge in [-0.2, -0.15) is 0 Å². The minimum absolute atomic E-state index is 0.0560. The lowest BCUT2D eigenvalue weighted by atomic mass is 9.97. The maximum absolute atomic E-state index is 13.5. The SMILES string of the molecule is COc1ccc(/C=C2\N=C(SCC(=O)NCCC3=CCCCC3)N(c3cc(C)cc(C)c3)C2=O)cc1. The van der Waals surface area contributed by atoms with E-state index < -0.39 is 0 Å². The number of rotatable bonds is 8. The molecule has 1 aliphatic carbocycles. The van der Waals surface area contributed by atoms with Gasteiger partial charge in [0.05, 0.1) is 18.6 Å². The number of nitrogens with zero attached hydrogens (tertiary/aromatic N) is 2. The fourth-order valence-corrected chi connectivity index (χ4v) is 5.28. The van der Waals surface area contributed by atoms with Gasteiger partial charge < -0.3 is 10.1 Å². The van der Waals surface area contributed by atoms with E-state index in [2.05, 4.69) is 22.5 Å². The second-order valence-electron chi connectivity index (χ2n) is 9.18. The lowest BCUT2D eigenvalue weighted by Crippen LogP contribution is -2.32. The fourth-order valence-electron chi connectivity index (χ4n) is 4.43. The molecule has 7 heteroatoms. The lowest BCUT2D eigenvalue weighted by Gasteiger charge is -2.19. The summed E-state index contributed by atoms with van der Waals surface area (Å²) in [6.07, 6.45) is 9.76. The zero-order chi connectivity index (χ0) is 25.5.